The van der Waals surface area contributed by atoms with Gasteiger partial charge in [-0.3, -0.25) is 19.3 Å². The highest BCUT2D eigenvalue weighted by molar-refractivity contribution is 5.93. The smallest absolute Gasteiger partial charge is 0.264 e. The van der Waals surface area contributed by atoms with E-state index in [-0.39, 0.29) is 11.5 Å². The van der Waals surface area contributed by atoms with Crippen LogP contribution in [0.5, 0.6) is 0 Å². The molecule has 3 heterocycles. The van der Waals surface area contributed by atoms with Gasteiger partial charge in [0.05, 0.1) is 5.69 Å². The summed E-state index contributed by atoms with van der Waals surface area (Å²) in [5, 5.41) is 4.41. The number of carbonyl (C=O) groups excluding carboxylic acids is 1. The molecule has 8 heteroatoms. The van der Waals surface area contributed by atoms with Gasteiger partial charge in [-0.15, -0.1) is 0 Å². The third kappa shape index (κ3) is 4.28. The number of aromatic amines is 1. The van der Waals surface area contributed by atoms with Gasteiger partial charge in [0.25, 0.3) is 11.5 Å². The number of aryl methyl sites for hydroxylation is 3. The summed E-state index contributed by atoms with van der Waals surface area (Å²) in [4.78, 5) is 37.3. The molecule has 1 N–H and O–H groups in total. The zero-order valence-corrected chi connectivity index (χ0v) is 15.6. The number of aromatic nitrogens is 5. The summed E-state index contributed by atoms with van der Waals surface area (Å²) in [5.74, 6) is -0.0194. The van der Waals surface area contributed by atoms with Crippen molar-refractivity contribution in [2.45, 2.75) is 26.8 Å². The minimum absolute atomic E-state index is 0.0169. The second-order valence-corrected chi connectivity index (χ2v) is 6.42. The lowest BCUT2D eigenvalue weighted by molar-refractivity contribution is 0.0789. The Morgan fingerprint density at radius 1 is 1.26 bits per heavy atom. The average Bonchev–Trinajstić information content (AvgIpc) is 2.99. The highest BCUT2D eigenvalue weighted by Gasteiger charge is 2.17. The zero-order valence-electron chi connectivity index (χ0n) is 15.6. The molecule has 0 radical (unpaired) electrons. The standard InChI is InChI=1S/C19H22N6O2/c1-13-11-14(2)25(23-13)10-6-9-24(3)19(27)15-12-21-17(22-18(15)26)16-7-4-5-8-20-16/h4-5,7-8,11-12H,6,9-10H2,1-3H3,(H,21,22,26). The van der Waals surface area contributed by atoms with Gasteiger partial charge in [-0.25, -0.2) is 4.98 Å². The Labute approximate surface area is 156 Å². The maximum Gasteiger partial charge on any atom is 0.264 e. The summed E-state index contributed by atoms with van der Waals surface area (Å²) in [6.45, 7) is 5.18. The molecule has 0 aliphatic heterocycles. The maximum absolute atomic E-state index is 12.6. The van der Waals surface area contributed by atoms with Crippen LogP contribution in [0.2, 0.25) is 0 Å². The monoisotopic (exact) mass is 366 g/mol. The first-order valence-corrected chi connectivity index (χ1v) is 8.73. The lowest BCUT2D eigenvalue weighted by Gasteiger charge is -2.17. The van der Waals surface area contributed by atoms with Crippen molar-refractivity contribution in [1.82, 2.24) is 29.6 Å². The number of hydrogen-bond donors (Lipinski definition) is 1. The Morgan fingerprint density at radius 3 is 2.70 bits per heavy atom. The van der Waals surface area contributed by atoms with E-state index in [0.717, 1.165) is 17.8 Å². The van der Waals surface area contributed by atoms with Crippen molar-refractivity contribution in [3.8, 4) is 11.5 Å². The summed E-state index contributed by atoms with van der Waals surface area (Å²) in [6.07, 6.45) is 3.66. The molecule has 0 atom stereocenters. The van der Waals surface area contributed by atoms with Crippen molar-refractivity contribution < 1.29 is 4.79 Å². The molecule has 1 amide bonds. The van der Waals surface area contributed by atoms with E-state index in [4.69, 9.17) is 0 Å². The van der Waals surface area contributed by atoms with E-state index in [2.05, 4.69) is 20.1 Å². The molecule has 0 aliphatic rings. The van der Waals surface area contributed by atoms with Crippen molar-refractivity contribution in [3.63, 3.8) is 0 Å². The molecule has 27 heavy (non-hydrogen) atoms. The Bertz CT molecular complexity index is 993. The molecule has 0 unspecified atom stereocenters. The van der Waals surface area contributed by atoms with Crippen LogP contribution >= 0.6 is 0 Å². The van der Waals surface area contributed by atoms with Gasteiger partial charge in [0.2, 0.25) is 0 Å². The number of pyridine rings is 1. The van der Waals surface area contributed by atoms with Crippen LogP contribution in [0.25, 0.3) is 11.5 Å². The minimum atomic E-state index is -0.471. The molecule has 3 rings (SSSR count). The Morgan fingerprint density at radius 2 is 2.07 bits per heavy atom. The number of nitrogens with one attached hydrogen (secondary N) is 1. The summed E-state index contributed by atoms with van der Waals surface area (Å²) in [6, 6.07) is 7.34. The van der Waals surface area contributed by atoms with Crippen molar-refractivity contribution in [2.75, 3.05) is 13.6 Å². The molecule has 0 fully saturated rings. The number of rotatable bonds is 6. The van der Waals surface area contributed by atoms with Crippen LogP contribution in [0.1, 0.15) is 28.2 Å². The molecule has 0 spiro atoms. The van der Waals surface area contributed by atoms with Crippen LogP contribution in [0.3, 0.4) is 0 Å². The fourth-order valence-corrected chi connectivity index (χ4v) is 2.85. The van der Waals surface area contributed by atoms with Crippen molar-refractivity contribution in [1.29, 1.82) is 0 Å². The molecule has 0 bridgehead atoms. The van der Waals surface area contributed by atoms with Crippen molar-refractivity contribution in [3.05, 3.63) is 64.0 Å². The van der Waals surface area contributed by atoms with Crippen LogP contribution in [-0.4, -0.2) is 49.1 Å². The maximum atomic E-state index is 12.6. The van der Waals surface area contributed by atoms with Crippen LogP contribution in [0, 0.1) is 13.8 Å². The normalized spacial score (nSPS) is 10.8. The quantitative estimate of drug-likeness (QED) is 0.718. The van der Waals surface area contributed by atoms with E-state index >= 15 is 0 Å². The second-order valence-electron chi connectivity index (χ2n) is 6.42. The number of H-pyrrole nitrogens is 1. The predicted octanol–water partition coefficient (Wildman–Crippen LogP) is 1.81. The Balaban J connectivity index is 1.64. The third-order valence-electron chi connectivity index (χ3n) is 4.25. The van der Waals surface area contributed by atoms with Gasteiger partial charge in [0.1, 0.15) is 11.3 Å². The fourth-order valence-electron chi connectivity index (χ4n) is 2.85. The SMILES string of the molecule is Cc1cc(C)n(CCCN(C)C(=O)c2cnc(-c3ccccn3)[nH]c2=O)n1. The van der Waals surface area contributed by atoms with E-state index in [1.807, 2.05) is 24.6 Å². The average molecular weight is 366 g/mol. The van der Waals surface area contributed by atoms with Crippen LogP contribution in [0.4, 0.5) is 0 Å². The van der Waals surface area contributed by atoms with Crippen LogP contribution < -0.4 is 5.56 Å². The van der Waals surface area contributed by atoms with Gasteiger partial charge in [-0.2, -0.15) is 5.10 Å². The lowest BCUT2D eigenvalue weighted by atomic mass is 10.2. The topological polar surface area (TPSA) is 96.8 Å². The summed E-state index contributed by atoms with van der Waals surface area (Å²) >= 11 is 0. The molecule has 0 saturated heterocycles. The molecule has 140 valence electrons. The van der Waals surface area contributed by atoms with E-state index in [9.17, 15) is 9.59 Å². The Kier molecular flexibility index (Phi) is 5.44. The molecular formula is C19H22N6O2. The molecule has 0 aromatic carbocycles. The number of nitrogens with zero attached hydrogens (tertiary/aromatic N) is 5. The minimum Gasteiger partial charge on any atom is -0.341 e. The summed E-state index contributed by atoms with van der Waals surface area (Å²) in [5.41, 5.74) is 2.16. The lowest BCUT2D eigenvalue weighted by Crippen LogP contribution is -2.33. The van der Waals surface area contributed by atoms with Gasteiger partial charge in [0.15, 0.2) is 5.82 Å². The van der Waals surface area contributed by atoms with Gasteiger partial charge in [-0.05, 0) is 38.5 Å². The highest BCUT2D eigenvalue weighted by atomic mass is 16.2. The van der Waals surface area contributed by atoms with Crippen molar-refractivity contribution >= 4 is 5.91 Å². The highest BCUT2D eigenvalue weighted by Crippen LogP contribution is 2.09. The van der Waals surface area contributed by atoms with E-state index in [0.29, 0.717) is 24.6 Å². The van der Waals surface area contributed by atoms with Gasteiger partial charge in [0, 0.05) is 38.2 Å². The first kappa shape index (κ1) is 18.5. The summed E-state index contributed by atoms with van der Waals surface area (Å²) in [7, 11) is 1.68. The van der Waals surface area contributed by atoms with Crippen LogP contribution in [0.15, 0.2) is 41.5 Å². The number of carbonyl (C=O) groups is 1. The van der Waals surface area contributed by atoms with Gasteiger partial charge in [-0.1, -0.05) is 6.07 Å². The number of hydrogen-bond acceptors (Lipinski definition) is 5. The first-order valence-electron chi connectivity index (χ1n) is 8.73. The fraction of sp³-hybridized carbons (Fsp3) is 0.316. The van der Waals surface area contributed by atoms with Gasteiger partial charge < -0.3 is 9.88 Å². The molecule has 8 nitrogen and oxygen atoms in total. The largest absolute Gasteiger partial charge is 0.341 e. The Hall–Kier alpha value is -3.29. The predicted molar refractivity (Wildman–Crippen MR) is 101 cm³/mol. The van der Waals surface area contributed by atoms with E-state index < -0.39 is 5.56 Å². The molecular weight excluding hydrogens is 344 g/mol. The number of amides is 1. The van der Waals surface area contributed by atoms with Gasteiger partial charge >= 0.3 is 0 Å². The zero-order chi connectivity index (χ0) is 19.4. The molecule has 0 aliphatic carbocycles. The summed E-state index contributed by atoms with van der Waals surface area (Å²) < 4.78 is 1.92. The molecule has 3 aromatic heterocycles. The van der Waals surface area contributed by atoms with E-state index in [1.165, 1.54) is 11.1 Å². The molecule has 3 aromatic rings. The van der Waals surface area contributed by atoms with Crippen LogP contribution in [-0.2, 0) is 6.54 Å². The molecule has 0 saturated carbocycles. The first-order chi connectivity index (χ1) is 13.0. The van der Waals surface area contributed by atoms with Crippen molar-refractivity contribution in [2.24, 2.45) is 0 Å². The van der Waals surface area contributed by atoms with E-state index in [1.54, 1.807) is 31.4 Å². The second kappa shape index (κ2) is 7.94. The third-order valence-corrected chi connectivity index (χ3v) is 4.25.